The van der Waals surface area contributed by atoms with Crippen LogP contribution in [0, 0.1) is 5.92 Å². The summed E-state index contributed by atoms with van der Waals surface area (Å²) in [6, 6.07) is 0.530. The van der Waals surface area contributed by atoms with Crippen LogP contribution >= 0.6 is 0 Å². The molecule has 2 unspecified atom stereocenters. The van der Waals surface area contributed by atoms with E-state index in [0.717, 1.165) is 30.5 Å². The van der Waals surface area contributed by atoms with Crippen molar-refractivity contribution in [1.29, 1.82) is 0 Å². The van der Waals surface area contributed by atoms with Gasteiger partial charge in [0.25, 0.3) is 0 Å². The summed E-state index contributed by atoms with van der Waals surface area (Å²) in [5.41, 5.74) is 1.26. The van der Waals surface area contributed by atoms with Crippen molar-refractivity contribution in [3.05, 3.63) is 18.0 Å². The molecule has 1 aliphatic rings. The SMILES string of the molecule is CC1CCCN(c2ncc(CNC(C)(C)C)cn2)C1C. The second-order valence-electron chi connectivity index (χ2n) is 7.05. The van der Waals surface area contributed by atoms with Crippen LogP contribution < -0.4 is 10.2 Å². The van der Waals surface area contributed by atoms with Gasteiger partial charge in [-0.2, -0.15) is 0 Å². The third kappa shape index (κ3) is 3.92. The molecule has 0 aliphatic carbocycles. The van der Waals surface area contributed by atoms with Gasteiger partial charge in [-0.3, -0.25) is 0 Å². The lowest BCUT2D eigenvalue weighted by Gasteiger charge is -2.37. The van der Waals surface area contributed by atoms with Gasteiger partial charge in [0.15, 0.2) is 0 Å². The van der Waals surface area contributed by atoms with E-state index >= 15 is 0 Å². The first-order chi connectivity index (χ1) is 9.37. The van der Waals surface area contributed by atoms with Crippen LogP contribution in [0.1, 0.15) is 53.0 Å². The Kier molecular flexibility index (Phi) is 4.63. The molecule has 0 bridgehead atoms. The molecular weight excluding hydrogens is 248 g/mol. The van der Waals surface area contributed by atoms with Gasteiger partial charge in [-0.05, 0) is 46.5 Å². The van der Waals surface area contributed by atoms with Crippen molar-refractivity contribution in [3.8, 4) is 0 Å². The molecule has 2 atom stereocenters. The van der Waals surface area contributed by atoms with Gasteiger partial charge >= 0.3 is 0 Å². The van der Waals surface area contributed by atoms with E-state index in [-0.39, 0.29) is 5.54 Å². The highest BCUT2D eigenvalue weighted by molar-refractivity contribution is 5.32. The number of hydrogen-bond acceptors (Lipinski definition) is 4. The van der Waals surface area contributed by atoms with Crippen molar-refractivity contribution in [1.82, 2.24) is 15.3 Å². The summed E-state index contributed by atoms with van der Waals surface area (Å²) in [7, 11) is 0. The molecule has 1 saturated heterocycles. The number of hydrogen-bond donors (Lipinski definition) is 1. The molecule has 4 heteroatoms. The van der Waals surface area contributed by atoms with Crippen molar-refractivity contribution in [2.24, 2.45) is 5.92 Å². The molecule has 1 aliphatic heterocycles. The van der Waals surface area contributed by atoms with E-state index in [1.807, 2.05) is 12.4 Å². The maximum absolute atomic E-state index is 4.56. The minimum atomic E-state index is 0.121. The van der Waals surface area contributed by atoms with Gasteiger partial charge in [0, 0.05) is 42.6 Å². The Hall–Kier alpha value is -1.16. The lowest BCUT2D eigenvalue weighted by molar-refractivity contribution is 0.359. The summed E-state index contributed by atoms with van der Waals surface area (Å²) >= 11 is 0. The standard InChI is InChI=1S/C16H28N4/c1-12-7-6-8-20(13(12)2)15-17-9-14(10-18-15)11-19-16(3,4)5/h9-10,12-13,19H,6-8,11H2,1-5H3. The molecule has 2 rings (SSSR count). The summed E-state index contributed by atoms with van der Waals surface area (Å²) in [5, 5.41) is 3.46. The molecule has 4 nitrogen and oxygen atoms in total. The smallest absolute Gasteiger partial charge is 0.225 e. The topological polar surface area (TPSA) is 41.1 Å². The molecule has 1 aromatic rings. The molecule has 1 aromatic heterocycles. The number of nitrogens with zero attached hydrogens (tertiary/aromatic N) is 3. The van der Waals surface area contributed by atoms with E-state index in [2.05, 4.69) is 54.8 Å². The monoisotopic (exact) mass is 276 g/mol. The molecule has 112 valence electrons. The van der Waals surface area contributed by atoms with Crippen LogP contribution in [-0.2, 0) is 6.54 Å². The van der Waals surface area contributed by atoms with E-state index in [4.69, 9.17) is 0 Å². The van der Waals surface area contributed by atoms with E-state index in [9.17, 15) is 0 Å². The van der Waals surface area contributed by atoms with Gasteiger partial charge in [0.1, 0.15) is 0 Å². The summed E-state index contributed by atoms with van der Waals surface area (Å²) < 4.78 is 0. The zero-order valence-corrected chi connectivity index (χ0v) is 13.5. The average molecular weight is 276 g/mol. The number of anilines is 1. The first kappa shape index (κ1) is 15.2. The highest BCUT2D eigenvalue weighted by atomic mass is 15.3. The minimum Gasteiger partial charge on any atom is -0.338 e. The Balaban J connectivity index is 2.00. The van der Waals surface area contributed by atoms with Gasteiger partial charge in [-0.25, -0.2) is 9.97 Å². The van der Waals surface area contributed by atoms with Crippen molar-refractivity contribution in [2.45, 2.75) is 65.6 Å². The molecule has 0 radical (unpaired) electrons. The average Bonchev–Trinajstić information content (AvgIpc) is 2.40. The van der Waals surface area contributed by atoms with Crippen molar-refractivity contribution < 1.29 is 0 Å². The number of rotatable bonds is 3. The van der Waals surface area contributed by atoms with Crippen LogP contribution in [0.25, 0.3) is 0 Å². The molecule has 0 amide bonds. The second kappa shape index (κ2) is 6.08. The molecule has 1 N–H and O–H groups in total. The van der Waals surface area contributed by atoms with Gasteiger partial charge in [0.05, 0.1) is 0 Å². The molecule has 0 saturated carbocycles. The number of aromatic nitrogens is 2. The minimum absolute atomic E-state index is 0.121. The van der Waals surface area contributed by atoms with Crippen LogP contribution in [0.5, 0.6) is 0 Å². The van der Waals surface area contributed by atoms with E-state index in [1.165, 1.54) is 12.8 Å². The third-order valence-corrected chi connectivity index (χ3v) is 4.15. The third-order valence-electron chi connectivity index (χ3n) is 4.15. The lowest BCUT2D eigenvalue weighted by Crippen LogP contribution is -2.43. The van der Waals surface area contributed by atoms with Crippen LogP contribution in [0.3, 0.4) is 0 Å². The second-order valence-corrected chi connectivity index (χ2v) is 7.05. The number of piperidine rings is 1. The van der Waals surface area contributed by atoms with Crippen molar-refractivity contribution >= 4 is 5.95 Å². The summed E-state index contributed by atoms with van der Waals surface area (Å²) in [4.78, 5) is 11.5. The highest BCUT2D eigenvalue weighted by Crippen LogP contribution is 2.25. The fraction of sp³-hybridized carbons (Fsp3) is 0.750. The Morgan fingerprint density at radius 1 is 1.25 bits per heavy atom. The molecule has 0 aromatic carbocycles. The lowest BCUT2D eigenvalue weighted by atomic mass is 9.92. The van der Waals surface area contributed by atoms with Crippen LogP contribution in [0.2, 0.25) is 0 Å². The van der Waals surface area contributed by atoms with Crippen LogP contribution in [0.15, 0.2) is 12.4 Å². The predicted molar refractivity (Wildman–Crippen MR) is 83.8 cm³/mol. The van der Waals surface area contributed by atoms with Gasteiger partial charge in [-0.1, -0.05) is 6.92 Å². The van der Waals surface area contributed by atoms with Gasteiger partial charge in [-0.15, -0.1) is 0 Å². The zero-order valence-electron chi connectivity index (χ0n) is 13.5. The Bertz CT molecular complexity index is 421. The molecule has 2 heterocycles. The molecule has 0 spiro atoms. The predicted octanol–water partition coefficient (Wildman–Crippen LogP) is 2.99. The van der Waals surface area contributed by atoms with Crippen LogP contribution in [-0.4, -0.2) is 28.1 Å². The van der Waals surface area contributed by atoms with Crippen molar-refractivity contribution in [3.63, 3.8) is 0 Å². The fourth-order valence-corrected chi connectivity index (χ4v) is 2.57. The molecule has 20 heavy (non-hydrogen) atoms. The summed E-state index contributed by atoms with van der Waals surface area (Å²) in [6.45, 7) is 13.0. The Morgan fingerprint density at radius 2 is 1.90 bits per heavy atom. The van der Waals surface area contributed by atoms with Gasteiger partial charge < -0.3 is 10.2 Å². The van der Waals surface area contributed by atoms with E-state index < -0.39 is 0 Å². The summed E-state index contributed by atoms with van der Waals surface area (Å²) in [6.07, 6.45) is 6.45. The van der Waals surface area contributed by atoms with Crippen LogP contribution in [0.4, 0.5) is 5.95 Å². The normalized spacial score (nSPS) is 23.9. The maximum atomic E-state index is 4.56. The molecule has 1 fully saturated rings. The number of nitrogens with one attached hydrogen (secondary N) is 1. The Morgan fingerprint density at radius 3 is 2.50 bits per heavy atom. The maximum Gasteiger partial charge on any atom is 0.225 e. The highest BCUT2D eigenvalue weighted by Gasteiger charge is 2.26. The van der Waals surface area contributed by atoms with E-state index in [1.54, 1.807) is 0 Å². The fourth-order valence-electron chi connectivity index (χ4n) is 2.57. The first-order valence-electron chi connectivity index (χ1n) is 7.69. The quantitative estimate of drug-likeness (QED) is 0.921. The summed E-state index contributed by atoms with van der Waals surface area (Å²) in [5.74, 6) is 1.60. The zero-order chi connectivity index (χ0) is 14.8. The van der Waals surface area contributed by atoms with Crippen molar-refractivity contribution in [2.75, 3.05) is 11.4 Å². The largest absolute Gasteiger partial charge is 0.338 e. The van der Waals surface area contributed by atoms with E-state index in [0.29, 0.717) is 6.04 Å². The first-order valence-corrected chi connectivity index (χ1v) is 7.69. The molecular formula is C16H28N4. The Labute approximate surface area is 123 Å². The van der Waals surface area contributed by atoms with Gasteiger partial charge in [0.2, 0.25) is 5.95 Å².